The van der Waals surface area contributed by atoms with E-state index >= 15 is 0 Å². The molecule has 8 nitrogen and oxygen atoms in total. The molecule has 9 heteroatoms. The van der Waals surface area contributed by atoms with Gasteiger partial charge in [-0.1, -0.05) is 11.6 Å². The van der Waals surface area contributed by atoms with Gasteiger partial charge in [0.15, 0.2) is 0 Å². The topological polar surface area (TPSA) is 88.6 Å². The summed E-state index contributed by atoms with van der Waals surface area (Å²) in [6, 6.07) is 6.60. The maximum absolute atomic E-state index is 11.7. The number of aromatic nitrogens is 2. The van der Waals surface area contributed by atoms with Crippen LogP contribution in [0.2, 0.25) is 5.02 Å². The van der Waals surface area contributed by atoms with Crippen LogP contribution in [0.25, 0.3) is 0 Å². The van der Waals surface area contributed by atoms with Crippen molar-refractivity contribution in [3.63, 3.8) is 0 Å². The molecule has 1 fully saturated rings. The fourth-order valence-corrected chi connectivity index (χ4v) is 2.83. The van der Waals surface area contributed by atoms with Crippen molar-refractivity contribution < 1.29 is 14.3 Å². The van der Waals surface area contributed by atoms with Gasteiger partial charge in [-0.15, -0.1) is 0 Å². The fourth-order valence-electron chi connectivity index (χ4n) is 2.67. The number of carbonyl (C=O) groups excluding carboxylic acids is 1. The molecule has 1 saturated heterocycles. The molecule has 27 heavy (non-hydrogen) atoms. The highest BCUT2D eigenvalue weighted by Gasteiger charge is 2.11. The van der Waals surface area contributed by atoms with E-state index in [1.54, 1.807) is 30.5 Å². The number of nitrogens with one attached hydrogen (secondary N) is 2. The van der Waals surface area contributed by atoms with Crippen LogP contribution in [0.3, 0.4) is 0 Å². The van der Waals surface area contributed by atoms with Gasteiger partial charge in [-0.2, -0.15) is 4.98 Å². The van der Waals surface area contributed by atoms with Crippen molar-refractivity contribution in [3.8, 4) is 0 Å². The lowest BCUT2D eigenvalue weighted by molar-refractivity contribution is 0.0398. The van der Waals surface area contributed by atoms with E-state index in [1.165, 1.54) is 7.11 Å². The first-order chi connectivity index (χ1) is 13.2. The van der Waals surface area contributed by atoms with Crippen molar-refractivity contribution in [1.29, 1.82) is 0 Å². The van der Waals surface area contributed by atoms with Crippen LogP contribution in [-0.2, 0) is 9.47 Å². The van der Waals surface area contributed by atoms with Crippen LogP contribution in [0, 0.1) is 0 Å². The lowest BCUT2D eigenvalue weighted by Crippen LogP contribution is -2.39. The van der Waals surface area contributed by atoms with Gasteiger partial charge in [-0.05, 0) is 24.3 Å². The third-order valence-corrected chi connectivity index (χ3v) is 4.45. The molecule has 0 aliphatic carbocycles. The van der Waals surface area contributed by atoms with Crippen LogP contribution in [0.4, 0.5) is 17.5 Å². The number of anilines is 3. The summed E-state index contributed by atoms with van der Waals surface area (Å²) in [5.41, 5.74) is 0.972. The molecule has 144 valence electrons. The number of carbonyl (C=O) groups is 1. The highest BCUT2D eigenvalue weighted by Crippen LogP contribution is 2.26. The first-order valence-corrected chi connectivity index (χ1v) is 9.05. The predicted octanol–water partition coefficient (Wildman–Crippen LogP) is 2.40. The Bertz CT molecular complexity index is 783. The molecule has 1 aliphatic heterocycles. The molecule has 0 atom stereocenters. The minimum absolute atomic E-state index is 0.405. The molecule has 0 saturated carbocycles. The Labute approximate surface area is 162 Å². The van der Waals surface area contributed by atoms with Crippen molar-refractivity contribution in [3.05, 3.63) is 41.0 Å². The van der Waals surface area contributed by atoms with Gasteiger partial charge in [0.25, 0.3) is 0 Å². The Hall–Kier alpha value is -2.42. The smallest absolute Gasteiger partial charge is 0.337 e. The van der Waals surface area contributed by atoms with Gasteiger partial charge in [-0.3, -0.25) is 4.90 Å². The number of benzene rings is 1. The van der Waals surface area contributed by atoms with Crippen LogP contribution in [0.15, 0.2) is 30.5 Å². The maximum atomic E-state index is 11.7. The molecule has 0 bridgehead atoms. The number of nitrogens with zero attached hydrogens (tertiary/aromatic N) is 3. The van der Waals surface area contributed by atoms with Crippen molar-refractivity contribution in [2.24, 2.45) is 0 Å². The third kappa shape index (κ3) is 5.53. The summed E-state index contributed by atoms with van der Waals surface area (Å²) in [6.45, 7) is 5.08. The first-order valence-electron chi connectivity index (χ1n) is 8.67. The summed E-state index contributed by atoms with van der Waals surface area (Å²) in [5.74, 6) is 0.666. The monoisotopic (exact) mass is 391 g/mol. The molecule has 2 aromatic rings. The van der Waals surface area contributed by atoms with E-state index in [0.717, 1.165) is 39.4 Å². The average molecular weight is 392 g/mol. The van der Waals surface area contributed by atoms with Crippen molar-refractivity contribution >= 4 is 35.0 Å². The standard InChI is InChI=1S/C18H22ClN5O3/c1-26-17(25)13-2-3-14(19)15(12-13)22-16-4-5-20-18(23-16)21-6-7-24-8-10-27-11-9-24/h2-5,12H,6-11H2,1H3,(H2,20,21,22,23). The molecule has 0 radical (unpaired) electrons. The van der Waals surface area contributed by atoms with E-state index in [4.69, 9.17) is 21.1 Å². The highest BCUT2D eigenvalue weighted by molar-refractivity contribution is 6.33. The molecule has 1 aromatic carbocycles. The highest BCUT2D eigenvalue weighted by atomic mass is 35.5. The third-order valence-electron chi connectivity index (χ3n) is 4.12. The number of esters is 1. The lowest BCUT2D eigenvalue weighted by atomic mass is 10.2. The summed E-state index contributed by atoms with van der Waals surface area (Å²) in [5, 5.41) is 6.81. The van der Waals surface area contributed by atoms with Crippen LogP contribution >= 0.6 is 11.6 Å². The number of methoxy groups -OCH3 is 1. The van der Waals surface area contributed by atoms with Gasteiger partial charge in [0.05, 0.1) is 36.6 Å². The zero-order valence-electron chi connectivity index (χ0n) is 15.1. The van der Waals surface area contributed by atoms with E-state index < -0.39 is 5.97 Å². The minimum atomic E-state index is -0.428. The molecular formula is C18H22ClN5O3. The average Bonchev–Trinajstić information content (AvgIpc) is 2.70. The van der Waals surface area contributed by atoms with Gasteiger partial charge in [0, 0.05) is 32.4 Å². The van der Waals surface area contributed by atoms with Gasteiger partial charge >= 0.3 is 5.97 Å². The van der Waals surface area contributed by atoms with Crippen molar-refractivity contribution in [1.82, 2.24) is 14.9 Å². The maximum Gasteiger partial charge on any atom is 0.337 e. The summed E-state index contributed by atoms with van der Waals surface area (Å²) < 4.78 is 10.1. The minimum Gasteiger partial charge on any atom is -0.465 e. The van der Waals surface area contributed by atoms with Gasteiger partial charge in [-0.25, -0.2) is 9.78 Å². The second-order valence-corrected chi connectivity index (χ2v) is 6.36. The van der Waals surface area contributed by atoms with E-state index in [9.17, 15) is 4.79 Å². The van der Waals surface area contributed by atoms with E-state index in [2.05, 4.69) is 25.5 Å². The van der Waals surface area contributed by atoms with Crippen LogP contribution < -0.4 is 10.6 Å². The zero-order valence-corrected chi connectivity index (χ0v) is 15.8. The molecule has 2 N–H and O–H groups in total. The van der Waals surface area contributed by atoms with Crippen molar-refractivity contribution in [2.45, 2.75) is 0 Å². The summed E-state index contributed by atoms with van der Waals surface area (Å²) in [6.07, 6.45) is 1.66. The number of hydrogen-bond acceptors (Lipinski definition) is 8. The number of halogens is 1. The first kappa shape index (κ1) is 19.3. The van der Waals surface area contributed by atoms with Crippen LogP contribution in [0.1, 0.15) is 10.4 Å². The Morgan fingerprint density at radius 3 is 2.93 bits per heavy atom. The molecule has 1 aromatic heterocycles. The number of morpholine rings is 1. The Morgan fingerprint density at radius 2 is 2.15 bits per heavy atom. The van der Waals surface area contributed by atoms with E-state index in [1.807, 2.05) is 0 Å². The van der Waals surface area contributed by atoms with E-state index in [0.29, 0.717) is 28.0 Å². The summed E-state index contributed by atoms with van der Waals surface area (Å²) >= 11 is 6.21. The molecule has 3 rings (SSSR count). The van der Waals surface area contributed by atoms with Gasteiger partial charge in [0.2, 0.25) is 5.95 Å². The Kier molecular flexibility index (Phi) is 6.80. The summed E-state index contributed by atoms with van der Waals surface area (Å²) in [4.78, 5) is 22.7. The molecule has 0 spiro atoms. The van der Waals surface area contributed by atoms with Crippen LogP contribution in [0.5, 0.6) is 0 Å². The number of ether oxygens (including phenoxy) is 2. The Balaban J connectivity index is 1.61. The largest absolute Gasteiger partial charge is 0.465 e. The molecular weight excluding hydrogens is 370 g/mol. The summed E-state index contributed by atoms with van der Waals surface area (Å²) in [7, 11) is 1.34. The van der Waals surface area contributed by atoms with Gasteiger partial charge in [0.1, 0.15) is 5.82 Å². The number of hydrogen-bond donors (Lipinski definition) is 2. The zero-order chi connectivity index (χ0) is 19.1. The van der Waals surface area contributed by atoms with Crippen molar-refractivity contribution in [2.75, 3.05) is 57.1 Å². The van der Waals surface area contributed by atoms with Crippen LogP contribution in [-0.4, -0.2) is 67.3 Å². The second kappa shape index (κ2) is 9.50. The fraction of sp³-hybridized carbons (Fsp3) is 0.389. The second-order valence-electron chi connectivity index (χ2n) is 5.96. The Morgan fingerprint density at radius 1 is 1.33 bits per heavy atom. The molecule has 0 unspecified atom stereocenters. The van der Waals surface area contributed by atoms with E-state index in [-0.39, 0.29) is 0 Å². The quantitative estimate of drug-likeness (QED) is 0.695. The SMILES string of the molecule is COC(=O)c1ccc(Cl)c(Nc2ccnc(NCCN3CCOCC3)n2)c1. The molecule has 1 aliphatic rings. The molecule has 2 heterocycles. The molecule has 0 amide bonds. The lowest BCUT2D eigenvalue weighted by Gasteiger charge is -2.26. The van der Waals surface area contributed by atoms with Gasteiger partial charge < -0.3 is 20.1 Å². The normalized spacial score (nSPS) is 14.6. The predicted molar refractivity (Wildman–Crippen MR) is 104 cm³/mol. The number of rotatable bonds is 7.